The van der Waals surface area contributed by atoms with E-state index in [1.807, 2.05) is 6.92 Å². The van der Waals surface area contributed by atoms with Gasteiger partial charge < -0.3 is 10.0 Å². The number of rotatable bonds is 5. The first-order valence-corrected chi connectivity index (χ1v) is 8.64. The highest BCUT2D eigenvalue weighted by Crippen LogP contribution is 2.40. The monoisotopic (exact) mass is 353 g/mol. The molecule has 0 radical (unpaired) electrons. The molecule has 1 aliphatic rings. The van der Waals surface area contributed by atoms with Crippen LogP contribution in [0.5, 0.6) is 0 Å². The molecule has 0 saturated carbocycles. The van der Waals surface area contributed by atoms with Gasteiger partial charge in [0.15, 0.2) is 0 Å². The highest BCUT2D eigenvalue weighted by Gasteiger charge is 2.46. The molecule has 1 saturated heterocycles. The van der Waals surface area contributed by atoms with Crippen molar-refractivity contribution < 1.29 is 19.1 Å². The molecule has 0 bridgehead atoms. The fraction of sp³-hybridized carbons (Fsp3) is 0.238. The van der Waals surface area contributed by atoms with Crippen LogP contribution in [-0.2, 0) is 9.59 Å². The highest BCUT2D eigenvalue weighted by molar-refractivity contribution is 6.46. The molecule has 26 heavy (non-hydrogen) atoms. The third kappa shape index (κ3) is 3.12. The Kier molecular flexibility index (Phi) is 5.16. The van der Waals surface area contributed by atoms with Crippen LogP contribution in [0.1, 0.15) is 36.9 Å². The summed E-state index contributed by atoms with van der Waals surface area (Å²) in [6.45, 7) is 2.30. The first-order chi connectivity index (χ1) is 12.6. The average Bonchev–Trinajstić information content (AvgIpc) is 2.91. The van der Waals surface area contributed by atoms with E-state index in [1.54, 1.807) is 48.5 Å². The summed E-state index contributed by atoms with van der Waals surface area (Å²) in [6, 6.07) is 13.6. The number of aliphatic hydroxyl groups excluding tert-OH is 1. The van der Waals surface area contributed by atoms with E-state index in [0.717, 1.165) is 6.42 Å². The topological polar surface area (TPSA) is 57.6 Å². The molecule has 134 valence electrons. The molecule has 2 aromatic rings. The van der Waals surface area contributed by atoms with Crippen LogP contribution in [0.15, 0.2) is 60.2 Å². The minimum absolute atomic E-state index is 0.0672. The van der Waals surface area contributed by atoms with Crippen molar-refractivity contribution in [1.29, 1.82) is 0 Å². The number of Topliss-reactive ketones (excluding diaryl/α,β-unsaturated/α-hetero) is 1. The average molecular weight is 353 g/mol. The quantitative estimate of drug-likeness (QED) is 0.501. The number of ketones is 1. The zero-order valence-corrected chi connectivity index (χ0v) is 14.5. The molecule has 2 aromatic carbocycles. The van der Waals surface area contributed by atoms with E-state index < -0.39 is 23.5 Å². The van der Waals surface area contributed by atoms with Gasteiger partial charge in [0.2, 0.25) is 0 Å². The lowest BCUT2D eigenvalue weighted by molar-refractivity contribution is -0.139. The Hall–Kier alpha value is -2.95. The van der Waals surface area contributed by atoms with E-state index in [-0.39, 0.29) is 16.9 Å². The number of carbonyl (C=O) groups is 2. The molecule has 1 heterocycles. The lowest BCUT2D eigenvalue weighted by atomic mass is 9.95. The Morgan fingerprint density at radius 1 is 1.08 bits per heavy atom. The molecule has 0 spiro atoms. The molecular weight excluding hydrogens is 333 g/mol. The fourth-order valence-electron chi connectivity index (χ4n) is 3.21. The Morgan fingerprint density at radius 3 is 2.38 bits per heavy atom. The van der Waals surface area contributed by atoms with Crippen LogP contribution in [0.25, 0.3) is 5.76 Å². The smallest absolute Gasteiger partial charge is 0.295 e. The number of amides is 1. The third-order valence-electron chi connectivity index (χ3n) is 4.54. The number of nitrogens with zero attached hydrogens (tertiary/aromatic N) is 1. The fourth-order valence-corrected chi connectivity index (χ4v) is 3.21. The van der Waals surface area contributed by atoms with E-state index in [1.165, 1.54) is 11.0 Å². The van der Waals surface area contributed by atoms with Crippen LogP contribution in [0.2, 0.25) is 0 Å². The second-order valence-corrected chi connectivity index (χ2v) is 6.23. The molecule has 3 rings (SSSR count). The Morgan fingerprint density at radius 2 is 1.73 bits per heavy atom. The summed E-state index contributed by atoms with van der Waals surface area (Å²) in [7, 11) is 0. The Bertz CT molecular complexity index is 861. The number of carbonyl (C=O) groups excluding carboxylic acids is 2. The maximum absolute atomic E-state index is 14.5. The third-order valence-corrected chi connectivity index (χ3v) is 4.54. The Labute approximate surface area is 151 Å². The normalized spacial score (nSPS) is 19.2. The second-order valence-electron chi connectivity index (χ2n) is 6.23. The summed E-state index contributed by atoms with van der Waals surface area (Å²) in [6.07, 6.45) is 1.51. The van der Waals surface area contributed by atoms with Gasteiger partial charge in [0.1, 0.15) is 11.6 Å². The lowest BCUT2D eigenvalue weighted by Gasteiger charge is -2.25. The maximum Gasteiger partial charge on any atom is 0.295 e. The van der Waals surface area contributed by atoms with Crippen molar-refractivity contribution in [2.24, 2.45) is 0 Å². The second kappa shape index (κ2) is 7.52. The van der Waals surface area contributed by atoms with Gasteiger partial charge in [-0.05, 0) is 12.5 Å². The number of unbranched alkanes of at least 4 members (excludes halogenated alkanes) is 1. The van der Waals surface area contributed by atoms with Crippen molar-refractivity contribution in [3.05, 3.63) is 77.1 Å². The van der Waals surface area contributed by atoms with Crippen LogP contribution in [0.3, 0.4) is 0 Å². The summed E-state index contributed by atoms with van der Waals surface area (Å²) in [4.78, 5) is 26.6. The van der Waals surface area contributed by atoms with Crippen molar-refractivity contribution in [1.82, 2.24) is 4.90 Å². The summed E-state index contributed by atoms with van der Waals surface area (Å²) < 4.78 is 14.5. The predicted molar refractivity (Wildman–Crippen MR) is 96.8 cm³/mol. The largest absolute Gasteiger partial charge is 0.507 e. The molecule has 0 aliphatic carbocycles. The van der Waals surface area contributed by atoms with E-state index in [9.17, 15) is 19.1 Å². The zero-order valence-electron chi connectivity index (χ0n) is 14.5. The van der Waals surface area contributed by atoms with E-state index in [4.69, 9.17) is 0 Å². The molecule has 1 aliphatic heterocycles. The molecule has 1 atom stereocenters. The molecule has 1 N–H and O–H groups in total. The lowest BCUT2D eigenvalue weighted by Crippen LogP contribution is -2.31. The van der Waals surface area contributed by atoms with Crippen molar-refractivity contribution in [2.45, 2.75) is 25.8 Å². The minimum atomic E-state index is -0.928. The predicted octanol–water partition coefficient (Wildman–Crippen LogP) is 4.05. The maximum atomic E-state index is 14.5. The summed E-state index contributed by atoms with van der Waals surface area (Å²) in [5, 5.41) is 10.7. The molecule has 4 nitrogen and oxygen atoms in total. The first kappa shape index (κ1) is 17.9. The van der Waals surface area contributed by atoms with Crippen LogP contribution >= 0.6 is 0 Å². The van der Waals surface area contributed by atoms with E-state index in [2.05, 4.69) is 0 Å². The zero-order chi connectivity index (χ0) is 18.7. The first-order valence-electron chi connectivity index (χ1n) is 8.64. The Balaban J connectivity index is 2.19. The van der Waals surface area contributed by atoms with Crippen LogP contribution in [0, 0.1) is 5.82 Å². The number of benzene rings is 2. The molecule has 1 unspecified atom stereocenters. The summed E-state index contributed by atoms with van der Waals surface area (Å²) in [5.74, 6) is -2.28. The van der Waals surface area contributed by atoms with Crippen molar-refractivity contribution in [3.8, 4) is 0 Å². The van der Waals surface area contributed by atoms with Crippen molar-refractivity contribution in [2.75, 3.05) is 6.54 Å². The molecule has 1 amide bonds. The summed E-state index contributed by atoms with van der Waals surface area (Å²) >= 11 is 0. The van der Waals surface area contributed by atoms with Gasteiger partial charge in [-0.3, -0.25) is 9.59 Å². The van der Waals surface area contributed by atoms with Gasteiger partial charge in [-0.1, -0.05) is 61.9 Å². The number of hydrogen-bond donors (Lipinski definition) is 1. The van der Waals surface area contributed by atoms with E-state index in [0.29, 0.717) is 18.5 Å². The van der Waals surface area contributed by atoms with Crippen LogP contribution in [-0.4, -0.2) is 28.2 Å². The van der Waals surface area contributed by atoms with Crippen LogP contribution in [0.4, 0.5) is 4.39 Å². The standard InChI is InChI=1S/C21H20FNO3/c1-2-3-13-23-18(15-11-7-8-12-16(15)22)17(20(25)21(23)26)19(24)14-9-5-4-6-10-14/h4-12,18,24H,2-3,13H2,1H3/b19-17-. The highest BCUT2D eigenvalue weighted by atomic mass is 19.1. The van der Waals surface area contributed by atoms with Gasteiger partial charge in [-0.15, -0.1) is 0 Å². The van der Waals surface area contributed by atoms with Gasteiger partial charge in [0.05, 0.1) is 11.6 Å². The van der Waals surface area contributed by atoms with Gasteiger partial charge in [-0.2, -0.15) is 0 Å². The number of likely N-dealkylation sites (tertiary alicyclic amines) is 1. The minimum Gasteiger partial charge on any atom is -0.507 e. The van der Waals surface area contributed by atoms with Crippen molar-refractivity contribution >= 4 is 17.4 Å². The van der Waals surface area contributed by atoms with Gasteiger partial charge in [-0.25, -0.2) is 4.39 Å². The van der Waals surface area contributed by atoms with Gasteiger partial charge in [0.25, 0.3) is 11.7 Å². The number of halogens is 1. The molecular formula is C21H20FNO3. The number of aliphatic hydroxyl groups is 1. The van der Waals surface area contributed by atoms with Gasteiger partial charge >= 0.3 is 0 Å². The molecule has 5 heteroatoms. The van der Waals surface area contributed by atoms with Crippen LogP contribution < -0.4 is 0 Å². The molecule has 0 aromatic heterocycles. The van der Waals surface area contributed by atoms with Crippen molar-refractivity contribution in [3.63, 3.8) is 0 Å². The van der Waals surface area contributed by atoms with Gasteiger partial charge in [0, 0.05) is 17.7 Å². The number of hydrogen-bond acceptors (Lipinski definition) is 3. The SMILES string of the molecule is CCCCN1C(=O)C(=O)/C(=C(\O)c2ccccc2)C1c1ccccc1F. The van der Waals surface area contributed by atoms with E-state index >= 15 is 0 Å². The summed E-state index contributed by atoms with van der Waals surface area (Å²) in [5.41, 5.74) is 0.560. The molecule has 1 fully saturated rings.